The maximum Gasteiger partial charge on any atom is 0.273 e. The van der Waals surface area contributed by atoms with E-state index >= 15 is 0 Å². The number of nitrogens with zero attached hydrogens (tertiary/aromatic N) is 2. The molecule has 0 aromatic carbocycles. The van der Waals surface area contributed by atoms with Crippen LogP contribution in [0.1, 0.15) is 60.7 Å². The number of hydrogen-bond acceptors (Lipinski definition) is 4. The molecule has 2 aliphatic rings. The minimum atomic E-state index is -0.229. The predicted molar refractivity (Wildman–Crippen MR) is 75.9 cm³/mol. The van der Waals surface area contributed by atoms with Gasteiger partial charge in [-0.25, -0.2) is 0 Å². The highest BCUT2D eigenvalue weighted by molar-refractivity contribution is 5.92. The molecule has 6 nitrogen and oxygen atoms in total. The molecule has 0 atom stereocenters. The Bertz CT molecular complexity index is 522. The summed E-state index contributed by atoms with van der Waals surface area (Å²) < 4.78 is 5.16. The minimum absolute atomic E-state index is 0.194. The minimum Gasteiger partial charge on any atom is -0.360 e. The van der Waals surface area contributed by atoms with Gasteiger partial charge in [-0.15, -0.1) is 0 Å². The first-order valence-electron chi connectivity index (χ1n) is 7.76. The van der Waals surface area contributed by atoms with Gasteiger partial charge in [-0.05, 0) is 25.7 Å². The lowest BCUT2D eigenvalue weighted by molar-refractivity contribution is -0.130. The van der Waals surface area contributed by atoms with Crippen molar-refractivity contribution in [3.63, 3.8) is 0 Å². The van der Waals surface area contributed by atoms with Crippen molar-refractivity contribution in [2.45, 2.75) is 44.4 Å². The van der Waals surface area contributed by atoms with Gasteiger partial charge in [-0.3, -0.25) is 9.59 Å². The summed E-state index contributed by atoms with van der Waals surface area (Å²) in [5, 5.41) is 6.61. The third-order valence-electron chi connectivity index (χ3n) is 4.08. The second-order valence-corrected chi connectivity index (χ2v) is 5.84. The molecular weight excluding hydrogens is 270 g/mol. The van der Waals surface area contributed by atoms with Crippen LogP contribution in [0.2, 0.25) is 0 Å². The molecule has 0 bridgehead atoms. The smallest absolute Gasteiger partial charge is 0.273 e. The first-order chi connectivity index (χ1) is 10.2. The number of likely N-dealkylation sites (tertiary alicyclic amines) is 1. The summed E-state index contributed by atoms with van der Waals surface area (Å²) in [4.78, 5) is 25.6. The molecule has 3 rings (SSSR count). The highest BCUT2D eigenvalue weighted by atomic mass is 16.5. The Balaban J connectivity index is 1.45. The molecule has 114 valence electrons. The SMILES string of the molecule is O=C(NCCN1CCCCCC1=O)c1cc(C2CC2)on1. The van der Waals surface area contributed by atoms with Crippen LogP contribution in [0.4, 0.5) is 0 Å². The number of hydrogen-bond donors (Lipinski definition) is 1. The number of carbonyl (C=O) groups excluding carboxylic acids is 2. The summed E-state index contributed by atoms with van der Waals surface area (Å²) in [6.07, 6.45) is 6.00. The molecule has 0 radical (unpaired) electrons. The van der Waals surface area contributed by atoms with Crippen LogP contribution in [0.3, 0.4) is 0 Å². The average Bonchev–Trinajstić information content (AvgIpc) is 3.25. The maximum absolute atomic E-state index is 12.0. The molecule has 0 unspecified atom stereocenters. The van der Waals surface area contributed by atoms with Gasteiger partial charge in [0.05, 0.1) is 0 Å². The lowest BCUT2D eigenvalue weighted by atomic mass is 10.2. The largest absolute Gasteiger partial charge is 0.360 e. The standard InChI is InChI=1S/C15H21N3O3/c19-14-4-2-1-3-8-18(14)9-7-16-15(20)12-10-13(21-17-12)11-5-6-11/h10-11H,1-9H2,(H,16,20). The Morgan fingerprint density at radius 1 is 1.38 bits per heavy atom. The Labute approximate surface area is 123 Å². The van der Waals surface area contributed by atoms with Gasteiger partial charge in [0, 0.05) is 38.0 Å². The molecule has 1 aliphatic carbocycles. The van der Waals surface area contributed by atoms with E-state index < -0.39 is 0 Å². The van der Waals surface area contributed by atoms with Crippen molar-refractivity contribution < 1.29 is 14.1 Å². The van der Waals surface area contributed by atoms with Gasteiger partial charge in [0.2, 0.25) is 5.91 Å². The van der Waals surface area contributed by atoms with Gasteiger partial charge in [0.1, 0.15) is 5.76 Å². The topological polar surface area (TPSA) is 75.4 Å². The van der Waals surface area contributed by atoms with E-state index in [2.05, 4.69) is 10.5 Å². The third kappa shape index (κ3) is 3.62. The zero-order valence-corrected chi connectivity index (χ0v) is 12.1. The van der Waals surface area contributed by atoms with E-state index in [0.29, 0.717) is 31.1 Å². The van der Waals surface area contributed by atoms with Gasteiger partial charge in [0.15, 0.2) is 5.69 Å². The molecule has 1 saturated heterocycles. The summed E-state index contributed by atoms with van der Waals surface area (Å²) in [6, 6.07) is 1.73. The monoisotopic (exact) mass is 291 g/mol. The highest BCUT2D eigenvalue weighted by Crippen LogP contribution is 2.40. The van der Waals surface area contributed by atoms with Crippen molar-refractivity contribution in [2.24, 2.45) is 0 Å². The summed E-state index contributed by atoms with van der Waals surface area (Å²) >= 11 is 0. The lowest BCUT2D eigenvalue weighted by Gasteiger charge is -2.20. The fourth-order valence-electron chi connectivity index (χ4n) is 2.63. The fourth-order valence-corrected chi connectivity index (χ4v) is 2.63. The molecule has 1 aliphatic heterocycles. The molecule has 2 fully saturated rings. The van der Waals surface area contributed by atoms with Crippen molar-refractivity contribution in [3.8, 4) is 0 Å². The van der Waals surface area contributed by atoms with E-state index in [0.717, 1.165) is 44.4 Å². The third-order valence-corrected chi connectivity index (χ3v) is 4.08. The van der Waals surface area contributed by atoms with Crippen LogP contribution < -0.4 is 5.32 Å². The van der Waals surface area contributed by atoms with E-state index in [1.54, 1.807) is 6.07 Å². The second-order valence-electron chi connectivity index (χ2n) is 5.84. The van der Waals surface area contributed by atoms with Crippen LogP contribution in [0, 0.1) is 0 Å². The normalized spacial score (nSPS) is 19.4. The highest BCUT2D eigenvalue weighted by Gasteiger charge is 2.28. The fraction of sp³-hybridized carbons (Fsp3) is 0.667. The van der Waals surface area contributed by atoms with Gasteiger partial charge in [-0.1, -0.05) is 11.6 Å². The molecule has 2 heterocycles. The van der Waals surface area contributed by atoms with Crippen molar-refractivity contribution >= 4 is 11.8 Å². The van der Waals surface area contributed by atoms with Crippen molar-refractivity contribution in [1.29, 1.82) is 0 Å². The van der Waals surface area contributed by atoms with Crippen LogP contribution in [-0.2, 0) is 4.79 Å². The molecule has 0 spiro atoms. The van der Waals surface area contributed by atoms with Crippen LogP contribution in [-0.4, -0.2) is 41.5 Å². The van der Waals surface area contributed by atoms with E-state index in [4.69, 9.17) is 4.52 Å². The molecule has 1 N–H and O–H groups in total. The first-order valence-corrected chi connectivity index (χ1v) is 7.76. The van der Waals surface area contributed by atoms with Gasteiger partial charge in [-0.2, -0.15) is 0 Å². The van der Waals surface area contributed by atoms with Gasteiger partial charge < -0.3 is 14.7 Å². The van der Waals surface area contributed by atoms with E-state index in [1.807, 2.05) is 4.90 Å². The average molecular weight is 291 g/mol. The summed E-state index contributed by atoms with van der Waals surface area (Å²) in [6.45, 7) is 1.82. The number of rotatable bonds is 5. The van der Waals surface area contributed by atoms with Gasteiger partial charge >= 0.3 is 0 Å². The van der Waals surface area contributed by atoms with E-state index in [-0.39, 0.29) is 11.8 Å². The molecule has 1 saturated carbocycles. The Morgan fingerprint density at radius 3 is 3.05 bits per heavy atom. The zero-order valence-electron chi connectivity index (χ0n) is 12.1. The first kappa shape index (κ1) is 14.1. The number of nitrogens with one attached hydrogen (secondary N) is 1. The summed E-state index contributed by atoms with van der Waals surface area (Å²) in [5.41, 5.74) is 0.332. The molecule has 21 heavy (non-hydrogen) atoms. The van der Waals surface area contributed by atoms with Crippen LogP contribution >= 0.6 is 0 Å². The Kier molecular flexibility index (Phi) is 4.22. The number of carbonyl (C=O) groups is 2. The molecular formula is C15H21N3O3. The summed E-state index contributed by atoms with van der Waals surface area (Å²) in [7, 11) is 0. The number of amides is 2. The molecule has 1 aromatic rings. The summed E-state index contributed by atoms with van der Waals surface area (Å²) in [5.74, 6) is 1.23. The predicted octanol–water partition coefficient (Wildman–Crippen LogP) is 1.68. The zero-order chi connectivity index (χ0) is 14.7. The Morgan fingerprint density at radius 2 is 2.24 bits per heavy atom. The number of aromatic nitrogens is 1. The van der Waals surface area contributed by atoms with Crippen molar-refractivity contribution in [2.75, 3.05) is 19.6 Å². The van der Waals surface area contributed by atoms with Crippen LogP contribution in [0.25, 0.3) is 0 Å². The molecule has 1 aromatic heterocycles. The van der Waals surface area contributed by atoms with Crippen molar-refractivity contribution in [1.82, 2.24) is 15.4 Å². The maximum atomic E-state index is 12.0. The molecule has 2 amide bonds. The molecule has 6 heteroatoms. The lowest BCUT2D eigenvalue weighted by Crippen LogP contribution is -2.38. The van der Waals surface area contributed by atoms with Crippen molar-refractivity contribution in [3.05, 3.63) is 17.5 Å². The van der Waals surface area contributed by atoms with Gasteiger partial charge in [0.25, 0.3) is 5.91 Å². The van der Waals surface area contributed by atoms with Crippen LogP contribution in [0.5, 0.6) is 0 Å². The van der Waals surface area contributed by atoms with E-state index in [1.165, 1.54) is 0 Å². The van der Waals surface area contributed by atoms with E-state index in [9.17, 15) is 9.59 Å². The Hall–Kier alpha value is -1.85. The quantitative estimate of drug-likeness (QED) is 0.895. The van der Waals surface area contributed by atoms with Crippen LogP contribution in [0.15, 0.2) is 10.6 Å². The second kappa shape index (κ2) is 6.28.